The average Bonchev–Trinajstić information content (AvgIpc) is 3.07. The van der Waals surface area contributed by atoms with Crippen LogP contribution in [0.1, 0.15) is 22.3 Å². The molecule has 0 atom stereocenters. The average molecular weight is 398 g/mol. The second kappa shape index (κ2) is 7.09. The number of rotatable bonds is 4. The number of hydrogen-bond donors (Lipinski definition) is 4. The van der Waals surface area contributed by atoms with E-state index in [2.05, 4.69) is 27.4 Å². The van der Waals surface area contributed by atoms with Gasteiger partial charge in [-0.25, -0.2) is 14.4 Å². The summed E-state index contributed by atoms with van der Waals surface area (Å²) in [5, 5.41) is 21.2. The van der Waals surface area contributed by atoms with Crippen molar-refractivity contribution in [2.45, 2.75) is 18.9 Å². The number of halogens is 2. The van der Waals surface area contributed by atoms with Gasteiger partial charge in [0.25, 0.3) is 0 Å². The Bertz CT molecular complexity index is 1040. The van der Waals surface area contributed by atoms with Crippen molar-refractivity contribution < 1.29 is 9.50 Å². The fourth-order valence-electron chi connectivity index (χ4n) is 3.47. The molecule has 1 heterocycles. The van der Waals surface area contributed by atoms with E-state index in [1.165, 1.54) is 23.5 Å². The van der Waals surface area contributed by atoms with Crippen LogP contribution in [0.15, 0.2) is 42.7 Å². The van der Waals surface area contributed by atoms with E-state index in [1.54, 1.807) is 0 Å². The van der Waals surface area contributed by atoms with Gasteiger partial charge in [-0.15, -0.1) is 0 Å². The highest BCUT2D eigenvalue weighted by atomic mass is 35.5. The molecule has 1 aromatic heterocycles. The monoisotopic (exact) mass is 397 g/mol. The van der Waals surface area contributed by atoms with Crippen molar-refractivity contribution >= 4 is 28.9 Å². The van der Waals surface area contributed by atoms with Crippen LogP contribution >= 0.6 is 11.6 Å². The first-order chi connectivity index (χ1) is 13.4. The van der Waals surface area contributed by atoms with E-state index in [-0.39, 0.29) is 28.7 Å². The predicted octanol–water partition coefficient (Wildman–Crippen LogP) is 3.55. The van der Waals surface area contributed by atoms with Crippen molar-refractivity contribution in [2.75, 3.05) is 11.1 Å². The van der Waals surface area contributed by atoms with Crippen LogP contribution in [-0.4, -0.2) is 26.8 Å². The lowest BCUT2D eigenvalue weighted by Crippen LogP contribution is -2.23. The molecular formula is C20H17ClFN5O. The van der Waals surface area contributed by atoms with Gasteiger partial charge < -0.3 is 16.2 Å². The minimum absolute atomic E-state index is 0.0906. The maximum Gasteiger partial charge on any atom is 0.146 e. The molecule has 0 fully saturated rings. The van der Waals surface area contributed by atoms with Crippen LogP contribution in [0.4, 0.5) is 16.0 Å². The van der Waals surface area contributed by atoms with E-state index in [0.717, 1.165) is 18.9 Å². The largest absolute Gasteiger partial charge is 0.506 e. The lowest BCUT2D eigenvalue weighted by atomic mass is 10.0. The molecule has 0 aliphatic heterocycles. The molecule has 0 radical (unpaired) electrons. The highest BCUT2D eigenvalue weighted by molar-refractivity contribution is 6.32. The Labute approximate surface area is 165 Å². The lowest BCUT2D eigenvalue weighted by Gasteiger charge is -2.18. The molecule has 8 heteroatoms. The molecule has 0 spiro atoms. The first kappa shape index (κ1) is 18.2. The summed E-state index contributed by atoms with van der Waals surface area (Å²) < 4.78 is 13.9. The number of nitrogen functional groups attached to an aromatic ring is 1. The number of nitrogens with two attached hydrogens (primary N) is 1. The Kier molecular flexibility index (Phi) is 4.60. The van der Waals surface area contributed by atoms with E-state index in [9.17, 15) is 9.50 Å². The quantitative estimate of drug-likeness (QED) is 0.503. The van der Waals surface area contributed by atoms with Crippen LogP contribution < -0.4 is 11.1 Å². The van der Waals surface area contributed by atoms with E-state index in [1.807, 2.05) is 12.1 Å². The van der Waals surface area contributed by atoms with Gasteiger partial charge in [-0.1, -0.05) is 35.9 Å². The summed E-state index contributed by atoms with van der Waals surface area (Å²) in [6.07, 6.45) is 2.96. The fourth-order valence-corrected chi connectivity index (χ4v) is 3.58. The minimum atomic E-state index is -0.822. The molecule has 0 saturated heterocycles. The van der Waals surface area contributed by atoms with Gasteiger partial charge in [0.15, 0.2) is 0 Å². The Hall–Kier alpha value is -3.19. The van der Waals surface area contributed by atoms with Gasteiger partial charge in [0.2, 0.25) is 0 Å². The van der Waals surface area contributed by atoms with Crippen molar-refractivity contribution in [3.05, 3.63) is 75.8 Å². The number of benzene rings is 2. The number of hydrogen-bond acceptors (Lipinski definition) is 6. The smallest absolute Gasteiger partial charge is 0.146 e. The summed E-state index contributed by atoms with van der Waals surface area (Å²) in [7, 11) is 0. The number of aromatic nitrogens is 2. The SMILES string of the molecule is N=C(c1cc(O)c(Cl)c(F)c1)c1c(N)ncnc1NC1Cc2ccccc2C1. The summed E-state index contributed by atoms with van der Waals surface area (Å²) in [6, 6.07) is 10.6. The van der Waals surface area contributed by atoms with E-state index in [0.29, 0.717) is 5.82 Å². The predicted molar refractivity (Wildman–Crippen MR) is 107 cm³/mol. The molecular weight excluding hydrogens is 381 g/mol. The van der Waals surface area contributed by atoms with Crippen molar-refractivity contribution in [3.8, 4) is 5.75 Å². The van der Waals surface area contributed by atoms with Gasteiger partial charge in [0.05, 0.1) is 11.3 Å². The summed E-state index contributed by atoms with van der Waals surface area (Å²) in [5.41, 5.74) is 8.81. The molecule has 5 N–H and O–H groups in total. The Balaban J connectivity index is 1.66. The van der Waals surface area contributed by atoms with Crippen molar-refractivity contribution in [1.29, 1.82) is 5.41 Å². The number of fused-ring (bicyclic) bond motifs is 1. The van der Waals surface area contributed by atoms with Crippen molar-refractivity contribution in [1.82, 2.24) is 9.97 Å². The standard InChI is InChI=1S/C20H17ClFN5O/c21-17-14(22)7-12(8-15(17)28)18(23)16-19(24)25-9-26-20(16)27-13-5-10-3-1-2-4-11(10)6-13/h1-4,7-9,13,23,28H,5-6H2,(H3,24,25,26,27). The van der Waals surface area contributed by atoms with Crippen molar-refractivity contribution in [3.63, 3.8) is 0 Å². The third-order valence-corrected chi connectivity index (χ3v) is 5.19. The van der Waals surface area contributed by atoms with Crippen molar-refractivity contribution in [2.24, 2.45) is 0 Å². The molecule has 0 amide bonds. The van der Waals surface area contributed by atoms with Gasteiger partial charge in [0, 0.05) is 11.6 Å². The van der Waals surface area contributed by atoms with E-state index in [4.69, 9.17) is 22.7 Å². The first-order valence-electron chi connectivity index (χ1n) is 8.65. The maximum absolute atomic E-state index is 13.9. The van der Waals surface area contributed by atoms with Gasteiger partial charge in [0.1, 0.15) is 34.6 Å². The van der Waals surface area contributed by atoms with Crippen LogP contribution in [0.2, 0.25) is 5.02 Å². The molecule has 1 aliphatic rings. The first-order valence-corrected chi connectivity index (χ1v) is 9.03. The minimum Gasteiger partial charge on any atom is -0.506 e. The normalized spacial score (nSPS) is 13.4. The van der Waals surface area contributed by atoms with Crippen LogP contribution in [0.25, 0.3) is 0 Å². The van der Waals surface area contributed by atoms with E-state index < -0.39 is 16.6 Å². The van der Waals surface area contributed by atoms with Gasteiger partial charge in [-0.3, -0.25) is 5.41 Å². The third kappa shape index (κ3) is 3.25. The molecule has 28 heavy (non-hydrogen) atoms. The molecule has 1 aliphatic carbocycles. The molecule has 3 aromatic rings. The number of anilines is 2. The zero-order chi connectivity index (χ0) is 19.8. The highest BCUT2D eigenvalue weighted by Gasteiger charge is 2.24. The number of phenolic OH excluding ortho intramolecular Hbond substituents is 1. The topological polar surface area (TPSA) is 108 Å². The maximum atomic E-state index is 13.9. The summed E-state index contributed by atoms with van der Waals surface area (Å²) >= 11 is 5.66. The third-order valence-electron chi connectivity index (χ3n) is 4.82. The number of phenols is 1. The molecule has 6 nitrogen and oxygen atoms in total. The Morgan fingerprint density at radius 1 is 1.21 bits per heavy atom. The van der Waals surface area contributed by atoms with Crippen LogP contribution in [-0.2, 0) is 12.8 Å². The molecule has 0 bridgehead atoms. The molecule has 142 valence electrons. The number of nitrogens with zero attached hydrogens (tertiary/aromatic N) is 2. The Morgan fingerprint density at radius 2 is 1.89 bits per heavy atom. The second-order valence-electron chi connectivity index (χ2n) is 6.67. The summed E-state index contributed by atoms with van der Waals surface area (Å²) in [4.78, 5) is 8.22. The zero-order valence-electron chi connectivity index (χ0n) is 14.7. The van der Waals surface area contributed by atoms with Gasteiger partial charge in [-0.2, -0.15) is 0 Å². The van der Waals surface area contributed by atoms with Crippen LogP contribution in [0.3, 0.4) is 0 Å². The zero-order valence-corrected chi connectivity index (χ0v) is 15.5. The number of nitrogens with one attached hydrogen (secondary N) is 2. The molecule has 4 rings (SSSR count). The van der Waals surface area contributed by atoms with Crippen LogP contribution in [0.5, 0.6) is 5.75 Å². The second-order valence-corrected chi connectivity index (χ2v) is 7.04. The molecule has 0 saturated carbocycles. The molecule has 2 aromatic carbocycles. The van der Waals surface area contributed by atoms with Crippen LogP contribution in [0, 0.1) is 11.2 Å². The molecule has 0 unspecified atom stereocenters. The van der Waals surface area contributed by atoms with E-state index >= 15 is 0 Å². The fraction of sp³-hybridized carbons (Fsp3) is 0.150. The summed E-state index contributed by atoms with van der Waals surface area (Å²) in [6.45, 7) is 0. The Morgan fingerprint density at radius 3 is 2.54 bits per heavy atom. The highest BCUT2D eigenvalue weighted by Crippen LogP contribution is 2.31. The summed E-state index contributed by atoms with van der Waals surface area (Å²) in [5.74, 6) is -0.784. The number of aromatic hydroxyl groups is 1. The lowest BCUT2D eigenvalue weighted by molar-refractivity contribution is 0.469. The van der Waals surface area contributed by atoms with Gasteiger partial charge in [-0.05, 0) is 36.1 Å². The van der Waals surface area contributed by atoms with Gasteiger partial charge >= 0.3 is 0 Å².